The molecular formula is C28H33ClF3N13. The standard InChI is InChI=1S/C14H17ClN6.C14H16F3N7/c15-10-1-3-11(4-2-10)20-5-7-21(8-6-20)12-9-18-14(17)19-13(12)16;15-14(16,17)11-2-1-9(7-20-11)23-3-5-24(6-4-23)10-8-21-13(19)22-12(10)18/h1-4,9H,5-8H2,(H4,16,17,18,19);1-2,7-8H,3-6H2,(H4,18,19,21,22). The van der Waals surface area contributed by atoms with Crippen LogP contribution in [0.25, 0.3) is 0 Å². The topological polar surface area (TPSA) is 181 Å². The van der Waals surface area contributed by atoms with E-state index in [1.165, 1.54) is 18.0 Å². The number of halogens is 4. The molecule has 2 aliphatic heterocycles. The number of aromatic nitrogens is 5. The van der Waals surface area contributed by atoms with Crippen LogP contribution in [-0.2, 0) is 6.18 Å². The molecule has 3 aromatic heterocycles. The van der Waals surface area contributed by atoms with Crippen molar-refractivity contribution in [2.24, 2.45) is 0 Å². The van der Waals surface area contributed by atoms with Crippen molar-refractivity contribution in [3.63, 3.8) is 0 Å². The van der Waals surface area contributed by atoms with Crippen LogP contribution in [0.15, 0.2) is 55.0 Å². The van der Waals surface area contributed by atoms with E-state index in [1.807, 2.05) is 34.1 Å². The molecule has 17 heteroatoms. The van der Waals surface area contributed by atoms with E-state index < -0.39 is 11.9 Å². The molecule has 2 aliphatic rings. The third kappa shape index (κ3) is 7.75. The van der Waals surface area contributed by atoms with Crippen LogP contribution in [0, 0.1) is 0 Å². The van der Waals surface area contributed by atoms with Crippen LogP contribution in [0.2, 0.25) is 5.02 Å². The van der Waals surface area contributed by atoms with Crippen molar-refractivity contribution < 1.29 is 13.2 Å². The highest BCUT2D eigenvalue weighted by Crippen LogP contribution is 2.29. The average Bonchev–Trinajstić information content (AvgIpc) is 3.02. The Kier molecular flexibility index (Phi) is 9.32. The molecule has 5 heterocycles. The van der Waals surface area contributed by atoms with Crippen LogP contribution in [0.3, 0.4) is 0 Å². The smallest absolute Gasteiger partial charge is 0.382 e. The number of benzene rings is 1. The lowest BCUT2D eigenvalue weighted by Crippen LogP contribution is -2.47. The first kappa shape index (κ1) is 31.4. The molecule has 1 aromatic carbocycles. The van der Waals surface area contributed by atoms with E-state index >= 15 is 0 Å². The van der Waals surface area contributed by atoms with Crippen molar-refractivity contribution >= 4 is 57.9 Å². The molecule has 0 atom stereocenters. The Labute approximate surface area is 262 Å². The third-order valence-corrected chi connectivity index (χ3v) is 7.72. The summed E-state index contributed by atoms with van der Waals surface area (Å²) < 4.78 is 37.7. The second-order valence-corrected chi connectivity index (χ2v) is 10.8. The average molecular weight is 644 g/mol. The summed E-state index contributed by atoms with van der Waals surface area (Å²) >= 11 is 5.92. The summed E-state index contributed by atoms with van der Waals surface area (Å²) in [5.74, 6) is 1.07. The molecule has 0 aliphatic carbocycles. The first-order valence-corrected chi connectivity index (χ1v) is 14.4. The highest BCUT2D eigenvalue weighted by atomic mass is 35.5. The number of anilines is 8. The van der Waals surface area contributed by atoms with Gasteiger partial charge in [0.2, 0.25) is 11.9 Å². The number of pyridine rings is 1. The molecule has 0 radical (unpaired) electrons. The molecule has 238 valence electrons. The summed E-state index contributed by atoms with van der Waals surface area (Å²) in [6.45, 7) is 6.06. The molecule has 13 nitrogen and oxygen atoms in total. The van der Waals surface area contributed by atoms with Crippen molar-refractivity contribution in [1.29, 1.82) is 0 Å². The third-order valence-electron chi connectivity index (χ3n) is 7.47. The van der Waals surface area contributed by atoms with E-state index in [0.717, 1.165) is 43.0 Å². The molecule has 4 aromatic rings. The van der Waals surface area contributed by atoms with Gasteiger partial charge in [0.05, 0.1) is 35.7 Å². The fourth-order valence-corrected chi connectivity index (χ4v) is 5.22. The van der Waals surface area contributed by atoms with Crippen molar-refractivity contribution in [2.45, 2.75) is 6.18 Å². The number of nitrogens with two attached hydrogens (primary N) is 4. The van der Waals surface area contributed by atoms with Crippen molar-refractivity contribution in [3.8, 4) is 0 Å². The monoisotopic (exact) mass is 643 g/mol. The van der Waals surface area contributed by atoms with Crippen LogP contribution in [-0.4, -0.2) is 77.3 Å². The number of nitrogens with zero attached hydrogens (tertiary/aromatic N) is 9. The molecule has 0 bridgehead atoms. The fourth-order valence-electron chi connectivity index (χ4n) is 5.10. The molecule has 0 amide bonds. The summed E-state index contributed by atoms with van der Waals surface area (Å²) in [5.41, 5.74) is 25.3. The molecule has 0 unspecified atom stereocenters. The number of piperazine rings is 2. The van der Waals surface area contributed by atoms with Gasteiger partial charge in [0.1, 0.15) is 5.69 Å². The van der Waals surface area contributed by atoms with Gasteiger partial charge in [-0.15, -0.1) is 0 Å². The van der Waals surface area contributed by atoms with Crippen LogP contribution >= 0.6 is 11.6 Å². The van der Waals surface area contributed by atoms with Gasteiger partial charge in [-0.3, -0.25) is 0 Å². The lowest BCUT2D eigenvalue weighted by molar-refractivity contribution is -0.141. The highest BCUT2D eigenvalue weighted by Gasteiger charge is 2.32. The van der Waals surface area contributed by atoms with Gasteiger partial charge in [0.25, 0.3) is 0 Å². The van der Waals surface area contributed by atoms with E-state index in [1.54, 1.807) is 12.4 Å². The van der Waals surface area contributed by atoms with Gasteiger partial charge in [-0.2, -0.15) is 23.1 Å². The maximum Gasteiger partial charge on any atom is 0.433 e. The molecule has 2 fully saturated rings. The lowest BCUT2D eigenvalue weighted by atomic mass is 10.2. The Balaban J connectivity index is 0.000000179. The van der Waals surface area contributed by atoms with Gasteiger partial charge in [-0.25, -0.2) is 15.0 Å². The second kappa shape index (κ2) is 13.3. The molecule has 2 saturated heterocycles. The van der Waals surface area contributed by atoms with Crippen molar-refractivity contribution in [3.05, 3.63) is 65.7 Å². The maximum atomic E-state index is 12.6. The van der Waals surface area contributed by atoms with Gasteiger partial charge in [0, 0.05) is 63.1 Å². The van der Waals surface area contributed by atoms with Gasteiger partial charge >= 0.3 is 6.18 Å². The minimum atomic E-state index is -4.43. The van der Waals surface area contributed by atoms with Crippen molar-refractivity contribution in [1.82, 2.24) is 24.9 Å². The van der Waals surface area contributed by atoms with Gasteiger partial charge in [-0.1, -0.05) is 11.6 Å². The lowest BCUT2D eigenvalue weighted by Gasteiger charge is -2.37. The minimum absolute atomic E-state index is 0.116. The highest BCUT2D eigenvalue weighted by molar-refractivity contribution is 6.30. The van der Waals surface area contributed by atoms with Gasteiger partial charge in [-0.05, 0) is 36.4 Å². The molecule has 45 heavy (non-hydrogen) atoms. The quantitative estimate of drug-likeness (QED) is 0.255. The number of alkyl halides is 3. The van der Waals surface area contributed by atoms with E-state index in [2.05, 4.69) is 34.7 Å². The van der Waals surface area contributed by atoms with Gasteiger partial charge in [0.15, 0.2) is 11.6 Å². The Morgan fingerprint density at radius 1 is 0.556 bits per heavy atom. The fraction of sp³-hybridized carbons (Fsp3) is 0.321. The van der Waals surface area contributed by atoms with E-state index in [9.17, 15) is 13.2 Å². The summed E-state index contributed by atoms with van der Waals surface area (Å²) in [7, 11) is 0. The zero-order valence-corrected chi connectivity index (χ0v) is 25.0. The normalized spacial score (nSPS) is 15.5. The Morgan fingerprint density at radius 3 is 1.38 bits per heavy atom. The summed E-state index contributed by atoms with van der Waals surface area (Å²) in [4.78, 5) is 27.9. The number of hydrogen-bond acceptors (Lipinski definition) is 13. The minimum Gasteiger partial charge on any atom is -0.382 e. The number of rotatable bonds is 4. The summed E-state index contributed by atoms with van der Waals surface area (Å²) in [5, 5.41) is 0.754. The van der Waals surface area contributed by atoms with Crippen LogP contribution in [0.5, 0.6) is 0 Å². The molecule has 6 rings (SSSR count). The second-order valence-electron chi connectivity index (χ2n) is 10.3. The maximum absolute atomic E-state index is 12.6. The van der Waals surface area contributed by atoms with Crippen LogP contribution < -0.4 is 42.5 Å². The Morgan fingerprint density at radius 2 is 0.978 bits per heavy atom. The first-order chi connectivity index (χ1) is 21.5. The Bertz CT molecular complexity index is 1570. The SMILES string of the molecule is Nc1ncc(N2CCN(c3ccc(C(F)(F)F)nc3)CC2)c(N)n1.Nc1ncc(N2CCN(c3ccc(Cl)cc3)CC2)c(N)n1. The molecular weight excluding hydrogens is 611 g/mol. The number of nitrogen functional groups attached to an aromatic ring is 4. The number of hydrogen-bond donors (Lipinski definition) is 4. The summed E-state index contributed by atoms with van der Waals surface area (Å²) in [6.07, 6.45) is 0.0890. The van der Waals surface area contributed by atoms with Crippen molar-refractivity contribution in [2.75, 3.05) is 94.9 Å². The molecule has 0 saturated carbocycles. The first-order valence-electron chi connectivity index (χ1n) is 14.0. The van der Waals surface area contributed by atoms with Gasteiger partial charge < -0.3 is 42.5 Å². The zero-order chi connectivity index (χ0) is 32.1. The molecule has 0 spiro atoms. The molecule has 8 N–H and O–H groups in total. The van der Waals surface area contributed by atoms with Crippen LogP contribution in [0.4, 0.5) is 59.5 Å². The van der Waals surface area contributed by atoms with Crippen LogP contribution in [0.1, 0.15) is 5.69 Å². The van der Waals surface area contributed by atoms with E-state index in [4.69, 9.17) is 34.5 Å². The Hall–Kier alpha value is -4.99. The zero-order valence-electron chi connectivity index (χ0n) is 24.2. The largest absolute Gasteiger partial charge is 0.433 e. The van der Waals surface area contributed by atoms with E-state index in [0.29, 0.717) is 49.2 Å². The summed E-state index contributed by atoms with van der Waals surface area (Å²) in [6, 6.07) is 10.3. The predicted molar refractivity (Wildman–Crippen MR) is 171 cm³/mol. The van der Waals surface area contributed by atoms with E-state index in [-0.39, 0.29) is 11.9 Å². The predicted octanol–water partition coefficient (Wildman–Crippen LogP) is 3.00.